The summed E-state index contributed by atoms with van der Waals surface area (Å²) in [6.07, 6.45) is 0. The molecule has 0 fully saturated rings. The summed E-state index contributed by atoms with van der Waals surface area (Å²) in [6, 6.07) is 14.6. The van der Waals surface area contributed by atoms with Crippen LogP contribution >= 0.6 is 0 Å². The van der Waals surface area contributed by atoms with Crippen LogP contribution in [0.1, 0.15) is 16.7 Å². The molecule has 0 amide bonds. The number of rotatable bonds is 4. The number of hydrogen-bond donors (Lipinski definition) is 0. The Morgan fingerprint density at radius 1 is 1.29 bits per heavy atom. The Kier molecular flexibility index (Phi) is 4.19. The first kappa shape index (κ1) is 14.5. The lowest BCUT2D eigenvalue weighted by Crippen LogP contribution is -2.16. The van der Waals surface area contributed by atoms with Crippen molar-refractivity contribution >= 4 is 11.4 Å². The van der Waals surface area contributed by atoms with E-state index < -0.39 is 4.92 Å². The van der Waals surface area contributed by atoms with Crippen molar-refractivity contribution in [3.8, 4) is 6.07 Å². The monoisotopic (exact) mass is 281 g/mol. The van der Waals surface area contributed by atoms with Crippen molar-refractivity contribution in [1.29, 1.82) is 5.26 Å². The molecule has 0 aliphatic carbocycles. The quantitative estimate of drug-likeness (QED) is 0.636. The number of nitro benzene ring substituents is 1. The topological polar surface area (TPSA) is 70.2 Å². The van der Waals surface area contributed by atoms with E-state index in [1.54, 1.807) is 6.07 Å². The third kappa shape index (κ3) is 3.37. The highest BCUT2D eigenvalue weighted by molar-refractivity contribution is 5.60. The van der Waals surface area contributed by atoms with Gasteiger partial charge >= 0.3 is 0 Å². The van der Waals surface area contributed by atoms with Gasteiger partial charge in [-0.2, -0.15) is 5.26 Å². The average molecular weight is 281 g/mol. The molecule has 0 bridgehead atoms. The van der Waals surface area contributed by atoms with Gasteiger partial charge in [0.1, 0.15) is 11.6 Å². The van der Waals surface area contributed by atoms with Crippen LogP contribution in [-0.2, 0) is 6.54 Å². The molecule has 21 heavy (non-hydrogen) atoms. The van der Waals surface area contributed by atoms with Crippen molar-refractivity contribution in [2.75, 3.05) is 11.9 Å². The highest BCUT2D eigenvalue weighted by atomic mass is 16.6. The van der Waals surface area contributed by atoms with Crippen LogP contribution < -0.4 is 4.90 Å². The van der Waals surface area contributed by atoms with E-state index >= 15 is 0 Å². The fourth-order valence-electron chi connectivity index (χ4n) is 2.18. The highest BCUT2D eigenvalue weighted by Gasteiger charge is 2.15. The number of aryl methyl sites for hydroxylation is 1. The van der Waals surface area contributed by atoms with Crippen LogP contribution in [0.4, 0.5) is 11.4 Å². The number of nitro groups is 1. The normalized spacial score (nSPS) is 9.95. The lowest BCUT2D eigenvalue weighted by molar-refractivity contribution is -0.385. The van der Waals surface area contributed by atoms with Gasteiger partial charge in [-0.1, -0.05) is 29.8 Å². The van der Waals surface area contributed by atoms with Crippen molar-refractivity contribution < 1.29 is 4.92 Å². The predicted octanol–water partition coefficient (Wildman–Crippen LogP) is 3.41. The van der Waals surface area contributed by atoms with E-state index in [2.05, 4.69) is 6.07 Å². The summed E-state index contributed by atoms with van der Waals surface area (Å²) in [6.45, 7) is 2.67. The molecule has 0 unspecified atom stereocenters. The Bertz CT molecular complexity index is 720. The van der Waals surface area contributed by atoms with E-state index in [1.165, 1.54) is 17.7 Å². The first-order valence-electron chi connectivity index (χ1n) is 6.46. The molecular weight excluding hydrogens is 266 g/mol. The van der Waals surface area contributed by atoms with Crippen LogP contribution in [0.25, 0.3) is 0 Å². The van der Waals surface area contributed by atoms with Gasteiger partial charge < -0.3 is 4.90 Å². The molecule has 0 aromatic heterocycles. The van der Waals surface area contributed by atoms with Gasteiger partial charge in [0.15, 0.2) is 0 Å². The van der Waals surface area contributed by atoms with Gasteiger partial charge in [0, 0.05) is 25.3 Å². The van der Waals surface area contributed by atoms with Gasteiger partial charge in [-0.3, -0.25) is 10.1 Å². The van der Waals surface area contributed by atoms with Crippen molar-refractivity contribution in [2.45, 2.75) is 13.5 Å². The summed E-state index contributed by atoms with van der Waals surface area (Å²) < 4.78 is 0. The minimum Gasteiger partial charge on any atom is -0.370 e. The van der Waals surface area contributed by atoms with E-state index in [-0.39, 0.29) is 11.3 Å². The first-order valence-corrected chi connectivity index (χ1v) is 6.46. The van der Waals surface area contributed by atoms with Crippen LogP contribution in [0, 0.1) is 28.4 Å². The third-order valence-electron chi connectivity index (χ3n) is 3.24. The zero-order valence-corrected chi connectivity index (χ0v) is 11.9. The molecule has 0 aliphatic heterocycles. The number of benzene rings is 2. The van der Waals surface area contributed by atoms with Gasteiger partial charge in [0.2, 0.25) is 0 Å². The summed E-state index contributed by atoms with van der Waals surface area (Å²) in [5, 5.41) is 19.9. The Morgan fingerprint density at radius 3 is 2.67 bits per heavy atom. The number of anilines is 1. The number of nitrogens with zero attached hydrogens (tertiary/aromatic N) is 3. The van der Waals surface area contributed by atoms with Gasteiger partial charge in [-0.15, -0.1) is 0 Å². The summed E-state index contributed by atoms with van der Waals surface area (Å²) in [5.74, 6) is 0. The minimum atomic E-state index is -0.525. The molecule has 5 heteroatoms. The zero-order valence-electron chi connectivity index (χ0n) is 11.9. The maximum atomic E-state index is 11.0. The second-order valence-corrected chi connectivity index (χ2v) is 4.92. The molecule has 0 radical (unpaired) electrons. The van der Waals surface area contributed by atoms with Crippen LogP contribution in [0.2, 0.25) is 0 Å². The fraction of sp³-hybridized carbons (Fsp3) is 0.188. The Balaban J connectivity index is 2.27. The zero-order chi connectivity index (χ0) is 15.4. The number of nitriles is 1. The van der Waals surface area contributed by atoms with Crippen LogP contribution in [0.3, 0.4) is 0 Å². The largest absolute Gasteiger partial charge is 0.370 e. The maximum absolute atomic E-state index is 11.0. The predicted molar refractivity (Wildman–Crippen MR) is 81.1 cm³/mol. The van der Waals surface area contributed by atoms with Crippen LogP contribution in [0.5, 0.6) is 0 Å². The molecule has 5 nitrogen and oxygen atoms in total. The molecule has 106 valence electrons. The van der Waals surface area contributed by atoms with Gasteiger partial charge in [-0.25, -0.2) is 0 Å². The highest BCUT2D eigenvalue weighted by Crippen LogP contribution is 2.25. The molecule has 0 spiro atoms. The lowest BCUT2D eigenvalue weighted by atomic mass is 10.1. The Morgan fingerprint density at radius 2 is 2.05 bits per heavy atom. The third-order valence-corrected chi connectivity index (χ3v) is 3.24. The van der Waals surface area contributed by atoms with E-state index in [0.29, 0.717) is 12.2 Å². The van der Waals surface area contributed by atoms with E-state index in [0.717, 1.165) is 5.56 Å². The van der Waals surface area contributed by atoms with Crippen molar-refractivity contribution in [3.05, 3.63) is 69.3 Å². The molecule has 0 N–H and O–H groups in total. The molecule has 0 saturated heterocycles. The smallest absolute Gasteiger partial charge is 0.289 e. The average Bonchev–Trinajstić information content (AvgIpc) is 2.46. The fourth-order valence-corrected chi connectivity index (χ4v) is 2.18. The van der Waals surface area contributed by atoms with E-state index in [9.17, 15) is 10.1 Å². The standard InChI is InChI=1S/C16H15N3O2/c1-12-4-3-5-13(8-12)11-18(2)15-7-6-14(10-17)16(9-15)19(20)21/h3-9H,11H2,1-2H3. The molecule has 0 atom stereocenters. The van der Waals surface area contributed by atoms with Crippen molar-refractivity contribution in [2.24, 2.45) is 0 Å². The second kappa shape index (κ2) is 6.06. The van der Waals surface area contributed by atoms with Crippen molar-refractivity contribution in [3.63, 3.8) is 0 Å². The molecule has 0 aliphatic rings. The maximum Gasteiger partial charge on any atom is 0.289 e. The molecular formula is C16H15N3O2. The van der Waals surface area contributed by atoms with E-state index in [4.69, 9.17) is 5.26 Å². The molecule has 0 heterocycles. The molecule has 2 aromatic rings. The summed E-state index contributed by atoms with van der Waals surface area (Å²) in [4.78, 5) is 12.4. The van der Waals surface area contributed by atoms with Crippen LogP contribution in [0.15, 0.2) is 42.5 Å². The summed E-state index contributed by atoms with van der Waals surface area (Å²) >= 11 is 0. The number of hydrogen-bond acceptors (Lipinski definition) is 4. The summed E-state index contributed by atoms with van der Waals surface area (Å²) in [7, 11) is 1.87. The van der Waals surface area contributed by atoms with Gasteiger partial charge in [-0.05, 0) is 24.6 Å². The van der Waals surface area contributed by atoms with Gasteiger partial charge in [0.05, 0.1) is 4.92 Å². The SMILES string of the molecule is Cc1cccc(CN(C)c2ccc(C#N)c([N+](=O)[O-])c2)c1. The Hall–Kier alpha value is -2.87. The lowest BCUT2D eigenvalue weighted by Gasteiger charge is -2.19. The molecule has 0 saturated carbocycles. The van der Waals surface area contributed by atoms with Gasteiger partial charge in [0.25, 0.3) is 5.69 Å². The Labute approximate surface area is 123 Å². The minimum absolute atomic E-state index is 0.0766. The van der Waals surface area contributed by atoms with Crippen molar-refractivity contribution in [1.82, 2.24) is 0 Å². The second-order valence-electron chi connectivity index (χ2n) is 4.92. The first-order chi connectivity index (χ1) is 10.0. The van der Waals surface area contributed by atoms with E-state index in [1.807, 2.05) is 43.1 Å². The molecule has 2 aromatic carbocycles. The van der Waals surface area contributed by atoms with Crippen LogP contribution in [-0.4, -0.2) is 12.0 Å². The summed E-state index contributed by atoms with van der Waals surface area (Å²) in [5.41, 5.74) is 2.93. The molecule has 2 rings (SSSR count).